The Hall–Kier alpha value is -1.39. The van der Waals surface area contributed by atoms with Gasteiger partial charge in [0.1, 0.15) is 5.82 Å². The van der Waals surface area contributed by atoms with Crippen LogP contribution in [0, 0.1) is 5.92 Å². The van der Waals surface area contributed by atoms with Gasteiger partial charge in [-0.05, 0) is 30.9 Å². The van der Waals surface area contributed by atoms with E-state index < -0.39 is 12.2 Å². The molecular weight excluding hydrogens is 264 g/mol. The third-order valence-electron chi connectivity index (χ3n) is 4.80. The van der Waals surface area contributed by atoms with Crippen molar-refractivity contribution < 1.29 is 10.2 Å². The second-order valence-electron chi connectivity index (χ2n) is 6.24. The lowest BCUT2D eigenvalue weighted by Gasteiger charge is -2.29. The Morgan fingerprint density at radius 2 is 1.90 bits per heavy atom. The number of hydrogen-bond donors (Lipinski definition) is 2. The molecule has 4 heteroatoms. The van der Waals surface area contributed by atoms with E-state index in [1.807, 2.05) is 35.9 Å². The van der Waals surface area contributed by atoms with Crippen LogP contribution in [-0.2, 0) is 13.5 Å². The maximum Gasteiger partial charge on any atom is 0.112 e. The summed E-state index contributed by atoms with van der Waals surface area (Å²) in [5.41, 5.74) is 2.00. The summed E-state index contributed by atoms with van der Waals surface area (Å²) in [5.74, 6) is 1.07. The van der Waals surface area contributed by atoms with Crippen LogP contribution < -0.4 is 0 Å². The van der Waals surface area contributed by atoms with Crippen LogP contribution in [0.15, 0.2) is 24.3 Å². The van der Waals surface area contributed by atoms with Crippen molar-refractivity contribution in [2.24, 2.45) is 13.0 Å². The van der Waals surface area contributed by atoms with Crippen LogP contribution in [0.2, 0.25) is 0 Å². The maximum atomic E-state index is 10.4. The van der Waals surface area contributed by atoms with Crippen molar-refractivity contribution in [2.75, 3.05) is 0 Å². The molecule has 0 saturated heterocycles. The molecule has 114 valence electrons. The molecule has 1 aliphatic carbocycles. The van der Waals surface area contributed by atoms with Gasteiger partial charge in [-0.3, -0.25) is 0 Å². The smallest absolute Gasteiger partial charge is 0.112 e. The van der Waals surface area contributed by atoms with E-state index in [9.17, 15) is 10.2 Å². The molecule has 3 rings (SSSR count). The molecule has 0 bridgehead atoms. The van der Waals surface area contributed by atoms with E-state index in [-0.39, 0.29) is 5.92 Å². The van der Waals surface area contributed by atoms with Crippen LogP contribution in [0.3, 0.4) is 0 Å². The minimum atomic E-state index is -0.733. The fourth-order valence-electron chi connectivity index (χ4n) is 3.48. The lowest BCUT2D eigenvalue weighted by Crippen LogP contribution is -2.36. The second-order valence-corrected chi connectivity index (χ2v) is 6.24. The number of para-hydroxylation sites is 2. The summed E-state index contributed by atoms with van der Waals surface area (Å²) in [4.78, 5) is 4.57. The third kappa shape index (κ3) is 2.97. The number of aromatic nitrogens is 2. The zero-order valence-electron chi connectivity index (χ0n) is 12.6. The largest absolute Gasteiger partial charge is 0.390 e. The van der Waals surface area contributed by atoms with Crippen LogP contribution in [0.1, 0.15) is 37.9 Å². The van der Waals surface area contributed by atoms with E-state index >= 15 is 0 Å². The van der Waals surface area contributed by atoms with Gasteiger partial charge in [-0.15, -0.1) is 0 Å². The molecule has 0 aliphatic heterocycles. The Morgan fingerprint density at radius 1 is 1.19 bits per heavy atom. The molecule has 0 spiro atoms. The average Bonchev–Trinajstić information content (AvgIpc) is 2.84. The number of nitrogens with zero attached hydrogens (tertiary/aromatic N) is 2. The fourth-order valence-corrected chi connectivity index (χ4v) is 3.48. The Morgan fingerprint density at radius 3 is 2.62 bits per heavy atom. The Balaban J connectivity index is 1.73. The summed E-state index contributed by atoms with van der Waals surface area (Å²) in [6.07, 6.45) is 4.68. The summed E-state index contributed by atoms with van der Waals surface area (Å²) in [7, 11) is 1.96. The van der Waals surface area contributed by atoms with E-state index in [1.54, 1.807) is 0 Å². The first-order valence-electron chi connectivity index (χ1n) is 7.93. The number of fused-ring (bicyclic) bond motifs is 1. The summed E-state index contributed by atoms with van der Waals surface area (Å²) in [5, 5.41) is 20.8. The van der Waals surface area contributed by atoms with Gasteiger partial charge in [0.25, 0.3) is 0 Å². The number of benzene rings is 1. The molecule has 2 unspecified atom stereocenters. The molecule has 1 aliphatic rings. The zero-order valence-corrected chi connectivity index (χ0v) is 12.6. The average molecular weight is 288 g/mol. The van der Waals surface area contributed by atoms with Gasteiger partial charge in [-0.25, -0.2) is 4.98 Å². The Bertz CT molecular complexity index is 602. The van der Waals surface area contributed by atoms with Crippen molar-refractivity contribution >= 4 is 11.0 Å². The van der Waals surface area contributed by atoms with Gasteiger partial charge in [0, 0.05) is 13.5 Å². The molecule has 1 aromatic carbocycles. The summed E-state index contributed by atoms with van der Waals surface area (Å²) >= 11 is 0. The van der Waals surface area contributed by atoms with Gasteiger partial charge in [0.15, 0.2) is 0 Å². The van der Waals surface area contributed by atoms with E-state index in [1.165, 1.54) is 19.3 Å². The van der Waals surface area contributed by atoms with Crippen molar-refractivity contribution in [3.05, 3.63) is 30.1 Å². The molecule has 1 heterocycles. The summed E-state index contributed by atoms with van der Waals surface area (Å²) < 4.78 is 2.01. The van der Waals surface area contributed by atoms with E-state index in [2.05, 4.69) is 4.98 Å². The van der Waals surface area contributed by atoms with Gasteiger partial charge >= 0.3 is 0 Å². The molecular formula is C17H24N2O2. The molecule has 1 aromatic heterocycles. The summed E-state index contributed by atoms with van der Waals surface area (Å²) in [6, 6.07) is 7.95. The molecule has 2 N–H and O–H groups in total. The van der Waals surface area contributed by atoms with Crippen LogP contribution in [-0.4, -0.2) is 32.0 Å². The Kier molecular flexibility index (Phi) is 4.27. The fraction of sp³-hybridized carbons (Fsp3) is 0.588. The highest BCUT2D eigenvalue weighted by Crippen LogP contribution is 2.28. The molecule has 0 amide bonds. The van der Waals surface area contributed by atoms with Crippen molar-refractivity contribution in [3.63, 3.8) is 0 Å². The molecule has 1 saturated carbocycles. The lowest BCUT2D eigenvalue weighted by atomic mass is 9.83. The van der Waals surface area contributed by atoms with Crippen molar-refractivity contribution in [1.82, 2.24) is 9.55 Å². The van der Waals surface area contributed by atoms with Crippen LogP contribution in [0.5, 0.6) is 0 Å². The van der Waals surface area contributed by atoms with Crippen LogP contribution in [0.25, 0.3) is 11.0 Å². The number of imidazole rings is 1. The van der Waals surface area contributed by atoms with E-state index in [0.717, 1.165) is 29.7 Å². The highest BCUT2D eigenvalue weighted by Gasteiger charge is 2.28. The third-order valence-corrected chi connectivity index (χ3v) is 4.80. The standard InChI is InChI=1S/C17H24N2O2/c1-19-14-10-6-5-9-13(14)18-16(19)11-15(20)17(21)12-7-3-2-4-8-12/h5-6,9-10,12,15,17,20-21H,2-4,7-8,11H2,1H3. The molecule has 0 radical (unpaired) electrons. The first-order chi connectivity index (χ1) is 10.2. The SMILES string of the molecule is Cn1c(CC(O)C(O)C2CCCCC2)nc2ccccc21. The van der Waals surface area contributed by atoms with Crippen LogP contribution in [0.4, 0.5) is 0 Å². The first kappa shape index (κ1) is 14.5. The normalized spacial score (nSPS) is 19.8. The van der Waals surface area contributed by atoms with E-state index in [4.69, 9.17) is 0 Å². The zero-order chi connectivity index (χ0) is 14.8. The number of aliphatic hydroxyl groups is 2. The summed E-state index contributed by atoms with van der Waals surface area (Å²) in [6.45, 7) is 0. The highest BCUT2D eigenvalue weighted by atomic mass is 16.3. The van der Waals surface area contributed by atoms with Gasteiger partial charge < -0.3 is 14.8 Å². The molecule has 21 heavy (non-hydrogen) atoms. The number of rotatable bonds is 4. The van der Waals surface area contributed by atoms with E-state index in [0.29, 0.717) is 6.42 Å². The lowest BCUT2D eigenvalue weighted by molar-refractivity contribution is -0.0273. The minimum Gasteiger partial charge on any atom is -0.390 e. The van der Waals surface area contributed by atoms with Crippen molar-refractivity contribution in [3.8, 4) is 0 Å². The first-order valence-corrected chi connectivity index (χ1v) is 7.93. The molecule has 2 aromatic rings. The minimum absolute atomic E-state index is 0.239. The predicted octanol–water partition coefficient (Wildman–Crippen LogP) is 2.42. The second kappa shape index (κ2) is 6.16. The van der Waals surface area contributed by atoms with Crippen molar-refractivity contribution in [1.29, 1.82) is 0 Å². The topological polar surface area (TPSA) is 58.3 Å². The number of hydrogen-bond acceptors (Lipinski definition) is 3. The van der Waals surface area contributed by atoms with Gasteiger partial charge in [-0.2, -0.15) is 0 Å². The predicted molar refractivity (Wildman–Crippen MR) is 83.0 cm³/mol. The number of aryl methyl sites for hydroxylation is 1. The Labute approximate surface area is 125 Å². The van der Waals surface area contributed by atoms with Gasteiger partial charge in [-0.1, -0.05) is 31.4 Å². The molecule has 4 nitrogen and oxygen atoms in total. The quantitative estimate of drug-likeness (QED) is 0.908. The molecule has 1 fully saturated rings. The van der Waals surface area contributed by atoms with Gasteiger partial charge in [0.2, 0.25) is 0 Å². The molecule has 2 atom stereocenters. The van der Waals surface area contributed by atoms with Gasteiger partial charge in [0.05, 0.1) is 23.2 Å². The van der Waals surface area contributed by atoms with Crippen molar-refractivity contribution in [2.45, 2.75) is 50.7 Å². The number of aliphatic hydroxyl groups excluding tert-OH is 2. The van der Waals surface area contributed by atoms with Crippen LogP contribution >= 0.6 is 0 Å². The highest BCUT2D eigenvalue weighted by molar-refractivity contribution is 5.75. The monoisotopic (exact) mass is 288 g/mol. The maximum absolute atomic E-state index is 10.4.